The van der Waals surface area contributed by atoms with E-state index in [1.54, 1.807) is 5.38 Å². The highest BCUT2D eigenvalue weighted by molar-refractivity contribution is 7.13. The zero-order chi connectivity index (χ0) is 15.1. The molecule has 0 atom stereocenters. The van der Waals surface area contributed by atoms with Crippen molar-refractivity contribution in [3.63, 3.8) is 0 Å². The molecule has 0 spiro atoms. The first kappa shape index (κ1) is 15.5. The number of nitrogens with zero attached hydrogens (tertiary/aromatic N) is 1. The van der Waals surface area contributed by atoms with Crippen LogP contribution in [0, 0.1) is 0 Å². The van der Waals surface area contributed by atoms with Crippen molar-refractivity contribution in [3.05, 3.63) is 35.3 Å². The average molecular weight is 304 g/mol. The summed E-state index contributed by atoms with van der Waals surface area (Å²) in [6, 6.07) is 7.76. The molecule has 1 heterocycles. The number of hydrogen-bond donors (Lipinski definition) is 1. The first-order chi connectivity index (χ1) is 10.2. The molecule has 0 radical (unpaired) electrons. The maximum Gasteiger partial charge on any atom is 0.270 e. The predicted octanol–water partition coefficient (Wildman–Crippen LogP) is 3.74. The normalized spacial score (nSPS) is 10.4. The standard InChI is InChI=1S/C16H20N2O2S/c1-3-5-10-17-15(19)14-11-21-16(18-14)12-6-8-13(9-7-12)20-4-2/h6-9,11H,3-5,10H2,1-2H3,(H,17,19). The van der Waals surface area contributed by atoms with Crippen molar-refractivity contribution in [2.75, 3.05) is 13.2 Å². The lowest BCUT2D eigenvalue weighted by molar-refractivity contribution is 0.0949. The Bertz CT molecular complexity index is 578. The van der Waals surface area contributed by atoms with E-state index in [1.165, 1.54) is 11.3 Å². The summed E-state index contributed by atoms with van der Waals surface area (Å²) in [5, 5.41) is 5.52. The lowest BCUT2D eigenvalue weighted by Crippen LogP contribution is -2.24. The first-order valence-electron chi connectivity index (χ1n) is 7.21. The van der Waals surface area contributed by atoms with E-state index in [9.17, 15) is 4.79 Å². The van der Waals surface area contributed by atoms with Gasteiger partial charge in [-0.05, 0) is 37.6 Å². The van der Waals surface area contributed by atoms with Crippen LogP contribution in [0.25, 0.3) is 10.6 Å². The third kappa shape index (κ3) is 4.29. The fourth-order valence-electron chi connectivity index (χ4n) is 1.84. The van der Waals surface area contributed by atoms with Crippen LogP contribution in [0.3, 0.4) is 0 Å². The van der Waals surface area contributed by atoms with Gasteiger partial charge >= 0.3 is 0 Å². The zero-order valence-electron chi connectivity index (χ0n) is 12.4. The van der Waals surface area contributed by atoms with Crippen molar-refractivity contribution in [1.82, 2.24) is 10.3 Å². The molecule has 0 aliphatic rings. The van der Waals surface area contributed by atoms with Crippen molar-refractivity contribution in [3.8, 4) is 16.3 Å². The minimum absolute atomic E-state index is 0.100. The van der Waals surface area contributed by atoms with E-state index in [0.717, 1.165) is 29.2 Å². The molecule has 1 aromatic carbocycles. The van der Waals surface area contributed by atoms with E-state index in [0.29, 0.717) is 18.8 Å². The number of hydrogen-bond acceptors (Lipinski definition) is 4. The molecule has 0 saturated heterocycles. The summed E-state index contributed by atoms with van der Waals surface area (Å²) in [6.07, 6.45) is 2.05. The molecular formula is C16H20N2O2S. The van der Waals surface area contributed by atoms with Crippen molar-refractivity contribution >= 4 is 17.2 Å². The second-order valence-electron chi connectivity index (χ2n) is 4.60. The lowest BCUT2D eigenvalue weighted by Gasteiger charge is -2.03. The third-order valence-electron chi connectivity index (χ3n) is 2.96. The maximum atomic E-state index is 11.9. The van der Waals surface area contributed by atoms with Gasteiger partial charge < -0.3 is 10.1 Å². The summed E-state index contributed by atoms with van der Waals surface area (Å²) in [7, 11) is 0. The monoisotopic (exact) mass is 304 g/mol. The number of carbonyl (C=O) groups is 1. The van der Waals surface area contributed by atoms with E-state index in [2.05, 4.69) is 17.2 Å². The molecule has 4 nitrogen and oxygen atoms in total. The Kier molecular flexibility index (Phi) is 5.75. The fraction of sp³-hybridized carbons (Fsp3) is 0.375. The smallest absolute Gasteiger partial charge is 0.270 e. The summed E-state index contributed by atoms with van der Waals surface area (Å²) in [6.45, 7) is 5.40. The second kappa shape index (κ2) is 7.78. The van der Waals surface area contributed by atoms with Crippen molar-refractivity contribution in [1.29, 1.82) is 0 Å². The molecule has 0 fully saturated rings. The van der Waals surface area contributed by atoms with Crippen LogP contribution < -0.4 is 10.1 Å². The van der Waals surface area contributed by atoms with Gasteiger partial charge in [0, 0.05) is 17.5 Å². The molecule has 0 unspecified atom stereocenters. The van der Waals surface area contributed by atoms with Crippen LogP contribution in [0.2, 0.25) is 0 Å². The Morgan fingerprint density at radius 2 is 2.05 bits per heavy atom. The minimum Gasteiger partial charge on any atom is -0.494 e. The van der Waals surface area contributed by atoms with Gasteiger partial charge in [0.25, 0.3) is 5.91 Å². The number of carbonyl (C=O) groups excluding carboxylic acids is 1. The SMILES string of the molecule is CCCCNC(=O)c1csc(-c2ccc(OCC)cc2)n1. The van der Waals surface area contributed by atoms with Crippen LogP contribution in [0.15, 0.2) is 29.6 Å². The number of benzene rings is 1. The molecule has 1 N–H and O–H groups in total. The maximum absolute atomic E-state index is 11.9. The summed E-state index contributed by atoms with van der Waals surface area (Å²) >= 11 is 1.48. The summed E-state index contributed by atoms with van der Waals surface area (Å²) in [5.74, 6) is 0.743. The van der Waals surface area contributed by atoms with Crippen LogP contribution in [0.1, 0.15) is 37.2 Å². The van der Waals surface area contributed by atoms with E-state index >= 15 is 0 Å². The fourth-order valence-corrected chi connectivity index (χ4v) is 2.65. The van der Waals surface area contributed by atoms with Crippen LogP contribution >= 0.6 is 11.3 Å². The molecule has 0 aliphatic carbocycles. The van der Waals surface area contributed by atoms with Gasteiger partial charge in [-0.1, -0.05) is 13.3 Å². The minimum atomic E-state index is -0.100. The molecular weight excluding hydrogens is 284 g/mol. The van der Waals surface area contributed by atoms with E-state index in [4.69, 9.17) is 4.74 Å². The molecule has 112 valence electrons. The van der Waals surface area contributed by atoms with Gasteiger partial charge in [0.05, 0.1) is 6.61 Å². The number of unbranched alkanes of at least 4 members (excludes halogenated alkanes) is 1. The second-order valence-corrected chi connectivity index (χ2v) is 5.46. The molecule has 0 bridgehead atoms. The van der Waals surface area contributed by atoms with Gasteiger partial charge in [-0.2, -0.15) is 0 Å². The molecule has 1 amide bonds. The van der Waals surface area contributed by atoms with Crippen molar-refractivity contribution < 1.29 is 9.53 Å². The van der Waals surface area contributed by atoms with E-state index in [-0.39, 0.29) is 5.91 Å². The van der Waals surface area contributed by atoms with E-state index < -0.39 is 0 Å². The predicted molar refractivity (Wildman–Crippen MR) is 86.0 cm³/mol. The number of nitrogens with one attached hydrogen (secondary N) is 1. The van der Waals surface area contributed by atoms with Gasteiger partial charge in [0.15, 0.2) is 0 Å². The van der Waals surface area contributed by atoms with Crippen molar-refractivity contribution in [2.24, 2.45) is 0 Å². The molecule has 0 aliphatic heterocycles. The number of ether oxygens (including phenoxy) is 1. The first-order valence-corrected chi connectivity index (χ1v) is 8.09. The molecule has 0 saturated carbocycles. The summed E-state index contributed by atoms with van der Waals surface area (Å²) in [5.41, 5.74) is 1.48. The molecule has 2 aromatic rings. The Hall–Kier alpha value is -1.88. The van der Waals surface area contributed by atoms with Crippen LogP contribution in [-0.4, -0.2) is 24.0 Å². The number of aromatic nitrogens is 1. The largest absolute Gasteiger partial charge is 0.494 e. The van der Waals surface area contributed by atoms with Crippen LogP contribution in [0.5, 0.6) is 5.75 Å². The van der Waals surface area contributed by atoms with Gasteiger partial charge in [-0.25, -0.2) is 4.98 Å². The third-order valence-corrected chi connectivity index (χ3v) is 3.86. The van der Waals surface area contributed by atoms with Crippen molar-refractivity contribution in [2.45, 2.75) is 26.7 Å². The topological polar surface area (TPSA) is 51.2 Å². The van der Waals surface area contributed by atoms with Crippen LogP contribution in [-0.2, 0) is 0 Å². The highest BCUT2D eigenvalue weighted by Gasteiger charge is 2.11. The Morgan fingerprint density at radius 3 is 2.71 bits per heavy atom. The molecule has 2 rings (SSSR count). The molecule has 5 heteroatoms. The quantitative estimate of drug-likeness (QED) is 0.793. The number of amides is 1. The van der Waals surface area contributed by atoms with Gasteiger partial charge in [0.2, 0.25) is 0 Å². The molecule has 1 aromatic heterocycles. The van der Waals surface area contributed by atoms with E-state index in [1.807, 2.05) is 31.2 Å². The number of rotatable bonds is 7. The summed E-state index contributed by atoms with van der Waals surface area (Å²) in [4.78, 5) is 16.3. The zero-order valence-corrected chi connectivity index (χ0v) is 13.2. The number of thiazole rings is 1. The summed E-state index contributed by atoms with van der Waals surface area (Å²) < 4.78 is 5.41. The van der Waals surface area contributed by atoms with Gasteiger partial charge in [-0.3, -0.25) is 4.79 Å². The Morgan fingerprint density at radius 1 is 1.29 bits per heavy atom. The molecule has 21 heavy (non-hydrogen) atoms. The van der Waals surface area contributed by atoms with Gasteiger partial charge in [0.1, 0.15) is 16.5 Å². The van der Waals surface area contributed by atoms with Crippen LogP contribution in [0.4, 0.5) is 0 Å². The Balaban J connectivity index is 2.03. The van der Waals surface area contributed by atoms with Gasteiger partial charge in [-0.15, -0.1) is 11.3 Å². The highest BCUT2D eigenvalue weighted by Crippen LogP contribution is 2.25. The average Bonchev–Trinajstić information content (AvgIpc) is 2.98. The Labute approximate surface area is 129 Å². The highest BCUT2D eigenvalue weighted by atomic mass is 32.1. The lowest BCUT2D eigenvalue weighted by atomic mass is 10.2.